The maximum atomic E-state index is 12.4. The highest BCUT2D eigenvalue weighted by molar-refractivity contribution is 6.40. The van der Waals surface area contributed by atoms with Gasteiger partial charge in [-0.3, -0.25) is 14.6 Å². The zero-order valence-corrected chi connectivity index (χ0v) is 13.9. The average Bonchev–Trinajstić information content (AvgIpc) is 3.13. The Balaban J connectivity index is 1.70. The van der Waals surface area contributed by atoms with Gasteiger partial charge in [0.1, 0.15) is 11.8 Å². The normalized spacial score (nSPS) is 15.9. The highest BCUT2D eigenvalue weighted by Gasteiger charge is 2.34. The molecule has 0 aromatic heterocycles. The van der Waals surface area contributed by atoms with Gasteiger partial charge >= 0.3 is 0 Å². The molecule has 3 rings (SSSR count). The Morgan fingerprint density at radius 3 is 2.50 bits per heavy atom. The first-order valence-corrected chi connectivity index (χ1v) is 8.07. The lowest BCUT2D eigenvalue weighted by Crippen LogP contribution is -2.39. The van der Waals surface area contributed by atoms with Gasteiger partial charge in [0.15, 0.2) is 0 Å². The molecule has 0 bridgehead atoms. The summed E-state index contributed by atoms with van der Waals surface area (Å²) in [6.45, 7) is 0.302. The number of amides is 2. The zero-order chi connectivity index (χ0) is 18.5. The molecule has 2 amide bonds. The van der Waals surface area contributed by atoms with Crippen LogP contribution in [0.4, 0.5) is 5.69 Å². The Hall–Kier alpha value is -3.66. The number of nitriles is 1. The van der Waals surface area contributed by atoms with Gasteiger partial charge in [0.25, 0.3) is 5.91 Å². The second kappa shape index (κ2) is 7.49. The van der Waals surface area contributed by atoms with Gasteiger partial charge < -0.3 is 11.1 Å². The molecule has 1 unspecified atom stereocenters. The van der Waals surface area contributed by atoms with Crippen LogP contribution >= 0.6 is 0 Å². The van der Waals surface area contributed by atoms with E-state index in [-0.39, 0.29) is 18.0 Å². The third kappa shape index (κ3) is 3.70. The van der Waals surface area contributed by atoms with E-state index in [1.54, 1.807) is 36.4 Å². The number of primary amides is 1. The average molecular weight is 347 g/mol. The summed E-state index contributed by atoms with van der Waals surface area (Å²) >= 11 is 0. The van der Waals surface area contributed by atoms with E-state index in [4.69, 9.17) is 11.0 Å². The number of carbonyl (C=O) groups excluding carboxylic acids is 2. The number of carbonyl (C=O) groups is 2. The Morgan fingerprint density at radius 2 is 1.88 bits per heavy atom. The van der Waals surface area contributed by atoms with Crippen LogP contribution in [0.1, 0.15) is 17.5 Å². The molecule has 0 saturated heterocycles. The van der Waals surface area contributed by atoms with Gasteiger partial charge in [0, 0.05) is 13.0 Å². The molecule has 2 aromatic rings. The van der Waals surface area contributed by atoms with Crippen molar-refractivity contribution in [1.29, 1.82) is 5.26 Å². The van der Waals surface area contributed by atoms with Gasteiger partial charge in [0.05, 0.1) is 17.3 Å². The number of hydrogen-bond acceptors (Lipinski definition) is 5. The predicted molar refractivity (Wildman–Crippen MR) is 97.0 cm³/mol. The lowest BCUT2D eigenvalue weighted by atomic mass is 10.1. The van der Waals surface area contributed by atoms with E-state index < -0.39 is 11.9 Å². The Kier molecular flexibility index (Phi) is 4.94. The number of para-hydroxylation sites is 1. The predicted octanol–water partition coefficient (Wildman–Crippen LogP) is 1.29. The lowest BCUT2D eigenvalue weighted by Gasteiger charge is -2.20. The van der Waals surface area contributed by atoms with Crippen LogP contribution in [0.5, 0.6) is 0 Å². The van der Waals surface area contributed by atoms with Crippen molar-refractivity contribution >= 4 is 23.2 Å². The van der Waals surface area contributed by atoms with Gasteiger partial charge in [-0.2, -0.15) is 10.4 Å². The number of rotatable bonds is 5. The molecule has 0 spiro atoms. The molecule has 0 saturated carbocycles. The molecule has 7 heteroatoms. The number of nitrogens with two attached hydrogens (primary N) is 1. The summed E-state index contributed by atoms with van der Waals surface area (Å²) < 4.78 is 0. The molecule has 0 aliphatic carbocycles. The van der Waals surface area contributed by atoms with Gasteiger partial charge in [-0.05, 0) is 29.8 Å². The lowest BCUT2D eigenvalue weighted by molar-refractivity contribution is -0.119. The molecular weight excluding hydrogens is 330 g/mol. The van der Waals surface area contributed by atoms with Crippen LogP contribution in [-0.2, 0) is 16.1 Å². The SMILES string of the molecule is N#Cc1ccc(CNC(=O)C2=NN(c3ccccc3)C(C(N)=O)C2)cc1. The van der Waals surface area contributed by atoms with Crippen LogP contribution in [0.25, 0.3) is 0 Å². The van der Waals surface area contributed by atoms with Gasteiger partial charge in [0.2, 0.25) is 5.91 Å². The Morgan fingerprint density at radius 1 is 1.19 bits per heavy atom. The van der Waals surface area contributed by atoms with Crippen LogP contribution in [0.2, 0.25) is 0 Å². The van der Waals surface area contributed by atoms with Gasteiger partial charge in [-0.25, -0.2) is 0 Å². The molecular formula is C19H17N5O2. The van der Waals surface area contributed by atoms with E-state index in [0.717, 1.165) is 5.56 Å². The van der Waals surface area contributed by atoms with Crippen LogP contribution in [0.15, 0.2) is 59.7 Å². The van der Waals surface area contributed by atoms with E-state index >= 15 is 0 Å². The fourth-order valence-electron chi connectivity index (χ4n) is 2.67. The summed E-state index contributed by atoms with van der Waals surface area (Å²) in [5.41, 5.74) is 7.85. The van der Waals surface area contributed by atoms with Crippen molar-refractivity contribution in [3.63, 3.8) is 0 Å². The fourth-order valence-corrected chi connectivity index (χ4v) is 2.67. The molecule has 7 nitrogen and oxygen atoms in total. The monoisotopic (exact) mass is 347 g/mol. The smallest absolute Gasteiger partial charge is 0.267 e. The minimum absolute atomic E-state index is 0.156. The summed E-state index contributed by atoms with van der Waals surface area (Å²) in [5, 5.41) is 17.4. The molecule has 1 atom stereocenters. The second-order valence-corrected chi connectivity index (χ2v) is 5.84. The summed E-state index contributed by atoms with van der Waals surface area (Å²) in [6, 6.07) is 17.4. The number of anilines is 1. The first kappa shape index (κ1) is 17.2. The summed E-state index contributed by atoms with van der Waals surface area (Å²) in [7, 11) is 0. The van der Waals surface area contributed by atoms with Gasteiger partial charge in [-0.15, -0.1) is 0 Å². The number of nitrogens with zero attached hydrogens (tertiary/aromatic N) is 3. The standard InChI is InChI=1S/C19H17N5O2/c20-11-13-6-8-14(9-7-13)12-22-19(26)16-10-17(18(21)25)24(23-16)15-4-2-1-3-5-15/h1-9,17H,10,12H2,(H2,21,25)(H,22,26). The number of hydrazone groups is 1. The maximum Gasteiger partial charge on any atom is 0.267 e. The molecule has 0 radical (unpaired) electrons. The first-order chi connectivity index (χ1) is 12.6. The summed E-state index contributed by atoms with van der Waals surface area (Å²) in [5.74, 6) is -0.883. The number of benzene rings is 2. The number of nitrogens with one attached hydrogen (secondary N) is 1. The van der Waals surface area contributed by atoms with Gasteiger partial charge in [-0.1, -0.05) is 30.3 Å². The zero-order valence-electron chi connectivity index (χ0n) is 13.9. The highest BCUT2D eigenvalue weighted by atomic mass is 16.2. The van der Waals surface area contributed by atoms with Crippen LogP contribution in [-0.4, -0.2) is 23.6 Å². The maximum absolute atomic E-state index is 12.4. The molecule has 1 aliphatic heterocycles. The van der Waals surface area contributed by atoms with Crippen molar-refractivity contribution < 1.29 is 9.59 Å². The third-order valence-electron chi connectivity index (χ3n) is 4.06. The first-order valence-electron chi connectivity index (χ1n) is 8.07. The van der Waals surface area contributed by atoms with Crippen molar-refractivity contribution in [1.82, 2.24) is 5.32 Å². The number of hydrogen-bond donors (Lipinski definition) is 2. The van der Waals surface area contributed by atoms with E-state index in [2.05, 4.69) is 10.4 Å². The van der Waals surface area contributed by atoms with E-state index in [0.29, 0.717) is 17.8 Å². The molecule has 26 heavy (non-hydrogen) atoms. The minimum Gasteiger partial charge on any atom is -0.368 e. The fraction of sp³-hybridized carbons (Fsp3) is 0.158. The molecule has 2 aromatic carbocycles. The third-order valence-corrected chi connectivity index (χ3v) is 4.06. The molecule has 0 fully saturated rings. The van der Waals surface area contributed by atoms with Crippen molar-refractivity contribution in [2.45, 2.75) is 19.0 Å². The molecule has 3 N–H and O–H groups in total. The van der Waals surface area contributed by atoms with Crippen molar-refractivity contribution in [2.24, 2.45) is 10.8 Å². The van der Waals surface area contributed by atoms with Crippen molar-refractivity contribution in [2.75, 3.05) is 5.01 Å². The second-order valence-electron chi connectivity index (χ2n) is 5.84. The Bertz CT molecular complexity index is 884. The topological polar surface area (TPSA) is 112 Å². The van der Waals surface area contributed by atoms with Crippen molar-refractivity contribution in [3.05, 3.63) is 65.7 Å². The van der Waals surface area contributed by atoms with Crippen LogP contribution in [0.3, 0.4) is 0 Å². The highest BCUT2D eigenvalue weighted by Crippen LogP contribution is 2.24. The molecule has 1 heterocycles. The van der Waals surface area contributed by atoms with E-state index in [9.17, 15) is 9.59 Å². The molecule has 1 aliphatic rings. The summed E-state index contributed by atoms with van der Waals surface area (Å²) in [6.07, 6.45) is 0.156. The largest absolute Gasteiger partial charge is 0.368 e. The molecule has 130 valence electrons. The quantitative estimate of drug-likeness (QED) is 0.849. The van der Waals surface area contributed by atoms with Crippen LogP contribution < -0.4 is 16.1 Å². The van der Waals surface area contributed by atoms with Crippen LogP contribution in [0, 0.1) is 11.3 Å². The van der Waals surface area contributed by atoms with Crippen molar-refractivity contribution in [3.8, 4) is 6.07 Å². The summed E-state index contributed by atoms with van der Waals surface area (Å²) in [4.78, 5) is 24.2. The van der Waals surface area contributed by atoms with E-state index in [1.165, 1.54) is 5.01 Å². The van der Waals surface area contributed by atoms with E-state index in [1.807, 2.05) is 24.3 Å². The Labute approximate surface area is 150 Å². The minimum atomic E-state index is -0.687.